The number of ketones is 1. The average Bonchev–Trinajstić information content (AvgIpc) is 2.90. The molecule has 0 spiro atoms. The van der Waals surface area contributed by atoms with Gasteiger partial charge < -0.3 is 10.2 Å². The van der Waals surface area contributed by atoms with E-state index in [1.807, 2.05) is 30.3 Å². The van der Waals surface area contributed by atoms with E-state index >= 15 is 0 Å². The quantitative estimate of drug-likeness (QED) is 0.513. The molecule has 1 unspecified atom stereocenters. The first-order chi connectivity index (χ1) is 12.0. The predicted octanol–water partition coefficient (Wildman–Crippen LogP) is 1.90. The standard InChI is InChI=1S/C19H16N2O4/c1-19(20-17(23)16(22)14-10-6-3-7-11-14)15(21-25-18(19)24)12-13-8-4-2-5-9-13/h2-11H,12H2,1H3,(H,20,23). The fraction of sp³-hybridized carbons (Fsp3) is 0.158. The van der Waals surface area contributed by atoms with Crippen LogP contribution >= 0.6 is 0 Å². The Labute approximate surface area is 144 Å². The van der Waals surface area contributed by atoms with Gasteiger partial charge >= 0.3 is 5.97 Å². The molecule has 25 heavy (non-hydrogen) atoms. The van der Waals surface area contributed by atoms with E-state index in [2.05, 4.69) is 10.5 Å². The van der Waals surface area contributed by atoms with Crippen molar-refractivity contribution in [2.45, 2.75) is 18.9 Å². The van der Waals surface area contributed by atoms with E-state index in [0.717, 1.165) is 5.56 Å². The van der Waals surface area contributed by atoms with Gasteiger partial charge in [0, 0.05) is 12.0 Å². The van der Waals surface area contributed by atoms with Gasteiger partial charge in [-0.25, -0.2) is 4.79 Å². The maximum absolute atomic E-state index is 12.3. The summed E-state index contributed by atoms with van der Waals surface area (Å²) in [4.78, 5) is 41.5. The first kappa shape index (κ1) is 16.6. The van der Waals surface area contributed by atoms with Crippen LogP contribution in [0.3, 0.4) is 0 Å². The van der Waals surface area contributed by atoms with Crippen molar-refractivity contribution in [1.82, 2.24) is 5.32 Å². The van der Waals surface area contributed by atoms with Gasteiger partial charge in [-0.2, -0.15) is 0 Å². The minimum Gasteiger partial charge on any atom is -0.329 e. The maximum Gasteiger partial charge on any atom is 0.365 e. The van der Waals surface area contributed by atoms with Crippen molar-refractivity contribution in [3.63, 3.8) is 0 Å². The van der Waals surface area contributed by atoms with Crippen molar-refractivity contribution in [2.75, 3.05) is 0 Å². The lowest BCUT2D eigenvalue weighted by Gasteiger charge is -2.22. The summed E-state index contributed by atoms with van der Waals surface area (Å²) < 4.78 is 0. The highest BCUT2D eigenvalue weighted by atomic mass is 16.7. The number of rotatable bonds is 5. The summed E-state index contributed by atoms with van der Waals surface area (Å²) in [5, 5.41) is 6.27. The molecule has 1 aliphatic heterocycles. The minimum atomic E-state index is -1.47. The Morgan fingerprint density at radius 1 is 1.04 bits per heavy atom. The molecule has 0 aromatic heterocycles. The van der Waals surface area contributed by atoms with Crippen molar-refractivity contribution in [3.8, 4) is 0 Å². The smallest absolute Gasteiger partial charge is 0.329 e. The van der Waals surface area contributed by atoms with Crippen LogP contribution in [0.15, 0.2) is 65.8 Å². The summed E-state index contributed by atoms with van der Waals surface area (Å²) in [7, 11) is 0. The Morgan fingerprint density at radius 2 is 1.64 bits per heavy atom. The van der Waals surface area contributed by atoms with Gasteiger partial charge in [0.15, 0.2) is 5.54 Å². The van der Waals surface area contributed by atoms with Crippen LogP contribution < -0.4 is 5.32 Å². The van der Waals surface area contributed by atoms with E-state index in [1.54, 1.807) is 18.2 Å². The molecule has 0 bridgehead atoms. The molecule has 6 heteroatoms. The number of nitrogens with zero attached hydrogens (tertiary/aromatic N) is 1. The molecule has 3 rings (SSSR count). The van der Waals surface area contributed by atoms with Crippen LogP contribution in [0.2, 0.25) is 0 Å². The number of amides is 1. The Balaban J connectivity index is 1.79. The molecule has 2 aromatic rings. The number of oxime groups is 1. The van der Waals surface area contributed by atoms with E-state index in [-0.39, 0.29) is 5.56 Å². The topological polar surface area (TPSA) is 84.8 Å². The van der Waals surface area contributed by atoms with Gasteiger partial charge in [-0.3, -0.25) is 9.59 Å². The molecule has 0 saturated carbocycles. The van der Waals surface area contributed by atoms with Crippen LogP contribution in [0, 0.1) is 0 Å². The lowest BCUT2D eigenvalue weighted by molar-refractivity contribution is -0.146. The van der Waals surface area contributed by atoms with Crippen molar-refractivity contribution >= 4 is 23.4 Å². The highest BCUT2D eigenvalue weighted by molar-refractivity contribution is 6.44. The van der Waals surface area contributed by atoms with E-state index in [4.69, 9.17) is 4.84 Å². The lowest BCUT2D eigenvalue weighted by atomic mass is 9.91. The number of nitrogens with one attached hydrogen (secondary N) is 1. The van der Waals surface area contributed by atoms with Gasteiger partial charge in [-0.05, 0) is 12.5 Å². The Bertz CT molecular complexity index is 846. The second-order valence-electron chi connectivity index (χ2n) is 5.85. The molecule has 0 radical (unpaired) electrons. The zero-order chi connectivity index (χ0) is 17.9. The Hall–Kier alpha value is -3.28. The fourth-order valence-electron chi connectivity index (χ4n) is 2.52. The Kier molecular flexibility index (Phi) is 4.43. The lowest BCUT2D eigenvalue weighted by Crippen LogP contribution is -2.57. The molecular weight excluding hydrogens is 320 g/mol. The van der Waals surface area contributed by atoms with Crippen LogP contribution in [0.4, 0.5) is 0 Å². The summed E-state index contributed by atoms with van der Waals surface area (Å²) >= 11 is 0. The number of hydrogen-bond donors (Lipinski definition) is 1. The summed E-state index contributed by atoms with van der Waals surface area (Å²) in [6.07, 6.45) is 0.322. The molecule has 0 fully saturated rings. The first-order valence-corrected chi connectivity index (χ1v) is 7.75. The Morgan fingerprint density at radius 3 is 2.28 bits per heavy atom. The average molecular weight is 336 g/mol. The SMILES string of the molecule is CC1(NC(=O)C(=O)c2ccccc2)C(=O)ON=C1Cc1ccccc1. The summed E-state index contributed by atoms with van der Waals surface area (Å²) in [6, 6.07) is 17.5. The van der Waals surface area contributed by atoms with Gasteiger partial charge in [-0.15, -0.1) is 0 Å². The van der Waals surface area contributed by atoms with Crippen LogP contribution in [0.5, 0.6) is 0 Å². The van der Waals surface area contributed by atoms with Gasteiger partial charge in [-0.1, -0.05) is 65.8 Å². The van der Waals surface area contributed by atoms with Crippen molar-refractivity contribution in [2.24, 2.45) is 5.16 Å². The van der Waals surface area contributed by atoms with Crippen molar-refractivity contribution < 1.29 is 19.2 Å². The normalized spacial score (nSPS) is 19.1. The molecule has 126 valence electrons. The van der Waals surface area contributed by atoms with E-state index < -0.39 is 23.2 Å². The van der Waals surface area contributed by atoms with E-state index in [0.29, 0.717) is 12.1 Å². The minimum absolute atomic E-state index is 0.247. The molecule has 1 atom stereocenters. The van der Waals surface area contributed by atoms with Crippen molar-refractivity contribution in [3.05, 3.63) is 71.8 Å². The monoisotopic (exact) mass is 336 g/mol. The molecule has 0 aliphatic carbocycles. The molecule has 1 aliphatic rings. The second kappa shape index (κ2) is 6.68. The number of carbonyl (C=O) groups excluding carboxylic acids is 3. The highest BCUT2D eigenvalue weighted by Gasteiger charge is 2.47. The third-order valence-electron chi connectivity index (χ3n) is 4.04. The highest BCUT2D eigenvalue weighted by Crippen LogP contribution is 2.21. The van der Waals surface area contributed by atoms with Gasteiger partial charge in [0.1, 0.15) is 0 Å². The third-order valence-corrected chi connectivity index (χ3v) is 4.04. The molecule has 0 saturated heterocycles. The zero-order valence-corrected chi connectivity index (χ0v) is 13.6. The van der Waals surface area contributed by atoms with E-state index in [1.165, 1.54) is 19.1 Å². The van der Waals surface area contributed by atoms with Crippen LogP contribution in [0.1, 0.15) is 22.8 Å². The number of benzene rings is 2. The summed E-state index contributed by atoms with van der Waals surface area (Å²) in [5.74, 6) is -2.32. The summed E-state index contributed by atoms with van der Waals surface area (Å²) in [5.41, 5.74) is 0.0287. The zero-order valence-electron chi connectivity index (χ0n) is 13.6. The number of carbonyl (C=O) groups is 3. The number of Topliss-reactive ketones (excluding diaryl/α,β-unsaturated/α-hetero) is 1. The largest absolute Gasteiger partial charge is 0.365 e. The van der Waals surface area contributed by atoms with Gasteiger partial charge in [0.05, 0.1) is 5.71 Å². The molecule has 1 N–H and O–H groups in total. The number of hydrogen-bond acceptors (Lipinski definition) is 5. The summed E-state index contributed by atoms with van der Waals surface area (Å²) in [6.45, 7) is 1.49. The molecule has 2 aromatic carbocycles. The third kappa shape index (κ3) is 3.33. The molecular formula is C19H16N2O4. The molecule has 6 nitrogen and oxygen atoms in total. The van der Waals surface area contributed by atoms with Gasteiger partial charge in [0.2, 0.25) is 5.78 Å². The fourth-order valence-corrected chi connectivity index (χ4v) is 2.52. The predicted molar refractivity (Wildman–Crippen MR) is 91.0 cm³/mol. The van der Waals surface area contributed by atoms with Crippen LogP contribution in [0.25, 0.3) is 0 Å². The second-order valence-corrected chi connectivity index (χ2v) is 5.85. The van der Waals surface area contributed by atoms with Crippen molar-refractivity contribution in [1.29, 1.82) is 0 Å². The van der Waals surface area contributed by atoms with Crippen LogP contribution in [-0.4, -0.2) is 28.9 Å². The molecule has 1 heterocycles. The van der Waals surface area contributed by atoms with Gasteiger partial charge in [0.25, 0.3) is 5.91 Å². The first-order valence-electron chi connectivity index (χ1n) is 7.75. The maximum atomic E-state index is 12.3. The molecule has 1 amide bonds. The van der Waals surface area contributed by atoms with E-state index in [9.17, 15) is 14.4 Å². The van der Waals surface area contributed by atoms with Crippen LogP contribution in [-0.2, 0) is 20.8 Å².